The van der Waals surface area contributed by atoms with Crippen molar-refractivity contribution in [1.82, 2.24) is 10.2 Å². The first-order valence-corrected chi connectivity index (χ1v) is 7.85. The number of aliphatic hydroxyl groups excluding tert-OH is 1. The number of rotatable bonds is 5. The van der Waals surface area contributed by atoms with E-state index in [1.165, 1.54) is 0 Å². The topological polar surface area (TPSA) is 68.4 Å². The van der Waals surface area contributed by atoms with Gasteiger partial charge < -0.3 is 14.3 Å². The fraction of sp³-hybridized carbons (Fsp3) is 0.222. The molecular weight excluding hydrogens is 328 g/mol. The highest BCUT2D eigenvalue weighted by Crippen LogP contribution is 2.33. The number of methoxy groups -OCH3 is 1. The Bertz CT molecular complexity index is 848. The molecule has 0 saturated heterocycles. The van der Waals surface area contributed by atoms with E-state index in [2.05, 4.69) is 10.2 Å². The average Bonchev–Trinajstić information content (AvgIpc) is 2.99. The van der Waals surface area contributed by atoms with E-state index < -0.39 is 6.10 Å². The van der Waals surface area contributed by atoms with Crippen LogP contribution in [-0.2, 0) is 6.42 Å². The fourth-order valence-corrected chi connectivity index (χ4v) is 2.68. The Morgan fingerprint density at radius 1 is 1.21 bits per heavy atom. The highest BCUT2D eigenvalue weighted by molar-refractivity contribution is 6.30. The van der Waals surface area contributed by atoms with E-state index in [1.54, 1.807) is 20.1 Å². The van der Waals surface area contributed by atoms with Crippen LogP contribution in [0.4, 0.5) is 0 Å². The molecule has 0 radical (unpaired) electrons. The maximum atomic E-state index is 10.4. The highest BCUT2D eigenvalue weighted by atomic mass is 35.5. The number of halogens is 1. The Labute approximate surface area is 144 Å². The molecule has 0 aliphatic rings. The lowest BCUT2D eigenvalue weighted by Crippen LogP contribution is -2.02. The molecular formula is C18H17ClN2O3. The summed E-state index contributed by atoms with van der Waals surface area (Å²) >= 11 is 6.01. The van der Waals surface area contributed by atoms with Crippen LogP contribution in [0.5, 0.6) is 5.75 Å². The molecule has 0 aliphatic carbocycles. The quantitative estimate of drug-likeness (QED) is 0.758. The fourth-order valence-electron chi connectivity index (χ4n) is 2.52. The summed E-state index contributed by atoms with van der Waals surface area (Å²) in [7, 11) is 1.60. The molecule has 24 heavy (non-hydrogen) atoms. The maximum absolute atomic E-state index is 10.4. The molecule has 0 aliphatic heterocycles. The van der Waals surface area contributed by atoms with Gasteiger partial charge in [0.1, 0.15) is 5.75 Å². The van der Waals surface area contributed by atoms with Gasteiger partial charge in [0.2, 0.25) is 11.8 Å². The van der Waals surface area contributed by atoms with Crippen molar-refractivity contribution in [2.45, 2.75) is 19.4 Å². The number of hydrogen-bond donors (Lipinski definition) is 1. The van der Waals surface area contributed by atoms with Crippen molar-refractivity contribution in [3.63, 3.8) is 0 Å². The van der Waals surface area contributed by atoms with Crippen LogP contribution in [0.1, 0.15) is 23.4 Å². The molecule has 3 rings (SSSR count). The summed E-state index contributed by atoms with van der Waals surface area (Å²) in [5, 5.41) is 18.7. The third kappa shape index (κ3) is 3.58. The third-order valence-corrected chi connectivity index (χ3v) is 3.92. The predicted molar refractivity (Wildman–Crippen MR) is 91.1 cm³/mol. The van der Waals surface area contributed by atoms with Crippen molar-refractivity contribution < 1.29 is 14.3 Å². The number of nitrogens with zero attached hydrogens (tertiary/aromatic N) is 2. The summed E-state index contributed by atoms with van der Waals surface area (Å²) < 4.78 is 10.7. The van der Waals surface area contributed by atoms with Crippen LogP contribution >= 0.6 is 11.6 Å². The zero-order valence-electron chi connectivity index (χ0n) is 13.4. The van der Waals surface area contributed by atoms with Crippen LogP contribution in [0.2, 0.25) is 5.02 Å². The van der Waals surface area contributed by atoms with Crippen LogP contribution in [-0.4, -0.2) is 22.4 Å². The van der Waals surface area contributed by atoms with Crippen molar-refractivity contribution in [2.75, 3.05) is 7.11 Å². The van der Waals surface area contributed by atoms with Gasteiger partial charge in [0.25, 0.3) is 0 Å². The van der Waals surface area contributed by atoms with E-state index in [9.17, 15) is 5.11 Å². The number of hydrogen-bond acceptors (Lipinski definition) is 5. The van der Waals surface area contributed by atoms with E-state index in [1.807, 2.05) is 36.4 Å². The number of benzene rings is 2. The minimum Gasteiger partial charge on any atom is -0.496 e. The molecule has 3 aromatic rings. The second-order valence-electron chi connectivity index (χ2n) is 5.40. The van der Waals surface area contributed by atoms with Crippen LogP contribution in [0, 0.1) is 6.92 Å². The second-order valence-corrected chi connectivity index (χ2v) is 5.84. The molecule has 0 bridgehead atoms. The highest BCUT2D eigenvalue weighted by Gasteiger charge is 2.15. The van der Waals surface area contributed by atoms with E-state index >= 15 is 0 Å². The van der Waals surface area contributed by atoms with Crippen molar-refractivity contribution in [3.8, 4) is 16.9 Å². The molecule has 0 fully saturated rings. The van der Waals surface area contributed by atoms with E-state index in [4.69, 9.17) is 20.8 Å². The monoisotopic (exact) mass is 344 g/mol. The van der Waals surface area contributed by atoms with E-state index in [-0.39, 0.29) is 6.42 Å². The summed E-state index contributed by atoms with van der Waals surface area (Å²) in [4.78, 5) is 0. The summed E-state index contributed by atoms with van der Waals surface area (Å²) in [5.74, 6) is 1.58. The van der Waals surface area contributed by atoms with Gasteiger partial charge >= 0.3 is 0 Å². The van der Waals surface area contributed by atoms with Gasteiger partial charge in [-0.2, -0.15) is 0 Å². The first-order valence-electron chi connectivity index (χ1n) is 7.47. The van der Waals surface area contributed by atoms with Gasteiger partial charge in [0.15, 0.2) is 0 Å². The summed E-state index contributed by atoms with van der Waals surface area (Å²) in [5.41, 5.74) is 2.60. The Hall–Kier alpha value is -2.37. The molecule has 6 heteroatoms. The second kappa shape index (κ2) is 7.03. The Balaban J connectivity index is 1.89. The molecule has 1 aromatic heterocycles. The molecule has 0 spiro atoms. The molecule has 0 amide bonds. The molecule has 124 valence electrons. The van der Waals surface area contributed by atoms with Crippen molar-refractivity contribution in [3.05, 3.63) is 64.8 Å². The Kier molecular flexibility index (Phi) is 4.83. The average molecular weight is 345 g/mol. The smallest absolute Gasteiger partial charge is 0.219 e. The van der Waals surface area contributed by atoms with Gasteiger partial charge in [-0.25, -0.2) is 0 Å². The zero-order valence-corrected chi connectivity index (χ0v) is 14.1. The van der Waals surface area contributed by atoms with Gasteiger partial charge in [-0.05, 0) is 35.4 Å². The van der Waals surface area contributed by atoms with Gasteiger partial charge in [-0.15, -0.1) is 10.2 Å². The minimum absolute atomic E-state index is 0.266. The summed E-state index contributed by atoms with van der Waals surface area (Å²) in [6, 6.07) is 13.1. The molecule has 1 heterocycles. The molecule has 1 N–H and O–H groups in total. The van der Waals surface area contributed by atoms with Crippen LogP contribution in [0.25, 0.3) is 11.1 Å². The lowest BCUT2D eigenvalue weighted by atomic mass is 9.99. The lowest BCUT2D eigenvalue weighted by Gasteiger charge is -2.13. The van der Waals surface area contributed by atoms with Gasteiger partial charge in [-0.1, -0.05) is 29.8 Å². The van der Waals surface area contributed by atoms with E-state index in [0.717, 1.165) is 16.7 Å². The van der Waals surface area contributed by atoms with Crippen LogP contribution in [0.3, 0.4) is 0 Å². The Morgan fingerprint density at radius 2 is 2.04 bits per heavy atom. The molecule has 0 saturated carbocycles. The summed E-state index contributed by atoms with van der Waals surface area (Å²) in [6.07, 6.45) is -0.467. The van der Waals surface area contributed by atoms with Gasteiger partial charge in [0.05, 0.1) is 19.6 Å². The van der Waals surface area contributed by atoms with Crippen LogP contribution in [0.15, 0.2) is 46.9 Å². The SMILES string of the molecule is COc1cc(Cl)ccc1-c1cccc(C(O)Cc2nnc(C)o2)c1. The van der Waals surface area contributed by atoms with Crippen LogP contribution < -0.4 is 4.74 Å². The van der Waals surface area contributed by atoms with E-state index in [0.29, 0.717) is 22.6 Å². The summed E-state index contributed by atoms with van der Waals surface area (Å²) in [6.45, 7) is 1.72. The minimum atomic E-state index is -0.733. The maximum Gasteiger partial charge on any atom is 0.219 e. The number of aryl methyl sites for hydroxylation is 1. The van der Waals surface area contributed by atoms with Crippen molar-refractivity contribution >= 4 is 11.6 Å². The molecule has 2 aromatic carbocycles. The zero-order chi connectivity index (χ0) is 17.1. The van der Waals surface area contributed by atoms with Gasteiger partial charge in [-0.3, -0.25) is 0 Å². The van der Waals surface area contributed by atoms with Crippen molar-refractivity contribution in [2.24, 2.45) is 0 Å². The van der Waals surface area contributed by atoms with Gasteiger partial charge in [0, 0.05) is 17.5 Å². The normalized spacial score (nSPS) is 12.2. The number of aromatic nitrogens is 2. The Morgan fingerprint density at radius 3 is 2.75 bits per heavy atom. The van der Waals surface area contributed by atoms with Crippen molar-refractivity contribution in [1.29, 1.82) is 0 Å². The largest absolute Gasteiger partial charge is 0.496 e. The number of ether oxygens (including phenoxy) is 1. The lowest BCUT2D eigenvalue weighted by molar-refractivity contribution is 0.168. The molecule has 1 atom stereocenters. The molecule has 5 nitrogen and oxygen atoms in total. The first kappa shape index (κ1) is 16.5. The first-order chi connectivity index (χ1) is 11.6. The standard InChI is InChI=1S/C18H17ClN2O3/c1-11-20-21-18(24-11)10-16(22)13-5-3-4-12(8-13)15-7-6-14(19)9-17(15)23-2/h3-9,16,22H,10H2,1-2H3. The number of aliphatic hydroxyl groups is 1. The third-order valence-electron chi connectivity index (χ3n) is 3.68. The predicted octanol–water partition coefficient (Wildman–Crippen LogP) is 3.98. The molecule has 1 unspecified atom stereocenters.